The summed E-state index contributed by atoms with van der Waals surface area (Å²) in [6.45, 7) is 4.59. The minimum absolute atomic E-state index is 0.0161. The maximum absolute atomic E-state index is 12.7. The van der Waals surface area contributed by atoms with Crippen molar-refractivity contribution < 1.29 is 42.5 Å². The largest absolute Gasteiger partial charge is 0.462 e. The number of hydrogen-bond acceptors (Lipinski definition) is 10. The minimum atomic E-state index is -2.30. The van der Waals surface area contributed by atoms with Gasteiger partial charge in [-0.15, -0.1) is 0 Å². The highest BCUT2D eigenvalue weighted by Crippen LogP contribution is 2.32. The lowest BCUT2D eigenvalue weighted by atomic mass is 10.0. The summed E-state index contributed by atoms with van der Waals surface area (Å²) in [6, 6.07) is 0. The fraction of sp³-hybridized carbons (Fsp3) is 0.932. The molecule has 0 aromatic rings. The standard InChI is InChI=1S/C44H87N2O9P/c1-3-5-7-9-11-13-15-17-19-21-23-25-27-29-31-33-42(47)52-39-41(40-54-56(50)53-38-36-46-44(49)51-37-35-45)55-43(48)34-32-30-28-26-24-22-20-18-16-14-12-10-8-6-4-2/h41,50H,3-40,45H2,1-2H3,(H,46,49)/t41-,56?/m0/s1. The van der Waals surface area contributed by atoms with Crippen LogP contribution >= 0.6 is 8.60 Å². The number of carbonyl (C=O) groups excluding carboxylic acids is 3. The van der Waals surface area contributed by atoms with Crippen molar-refractivity contribution in [2.24, 2.45) is 5.73 Å². The Hall–Kier alpha value is -1.52. The molecule has 0 spiro atoms. The van der Waals surface area contributed by atoms with Crippen LogP contribution in [0.3, 0.4) is 0 Å². The van der Waals surface area contributed by atoms with Crippen molar-refractivity contribution in [1.82, 2.24) is 5.32 Å². The number of nitrogens with two attached hydrogens (primary N) is 1. The van der Waals surface area contributed by atoms with E-state index in [-0.39, 0.29) is 57.9 Å². The molecule has 0 aliphatic heterocycles. The Labute approximate surface area is 344 Å². The third-order valence-electron chi connectivity index (χ3n) is 9.99. The summed E-state index contributed by atoms with van der Waals surface area (Å²) < 4.78 is 26.5. The van der Waals surface area contributed by atoms with Crippen LogP contribution in [-0.4, -0.2) is 68.5 Å². The van der Waals surface area contributed by atoms with Gasteiger partial charge in [0.2, 0.25) is 0 Å². The summed E-state index contributed by atoms with van der Waals surface area (Å²) in [5, 5.41) is 2.47. The normalized spacial score (nSPS) is 12.4. The molecule has 4 N–H and O–H groups in total. The van der Waals surface area contributed by atoms with Gasteiger partial charge in [0, 0.05) is 25.9 Å². The third kappa shape index (κ3) is 42.1. The summed E-state index contributed by atoms with van der Waals surface area (Å²) >= 11 is 0. The molecule has 0 radical (unpaired) electrons. The van der Waals surface area contributed by atoms with Gasteiger partial charge >= 0.3 is 26.6 Å². The molecule has 1 amide bonds. The molecule has 0 saturated heterocycles. The van der Waals surface area contributed by atoms with E-state index in [1.165, 1.54) is 154 Å². The average molecular weight is 819 g/mol. The van der Waals surface area contributed by atoms with E-state index in [9.17, 15) is 19.3 Å². The highest BCUT2D eigenvalue weighted by Gasteiger charge is 2.20. The maximum Gasteiger partial charge on any atom is 0.407 e. The van der Waals surface area contributed by atoms with E-state index in [1.807, 2.05) is 0 Å². The van der Waals surface area contributed by atoms with Gasteiger partial charge in [0.1, 0.15) is 13.2 Å². The van der Waals surface area contributed by atoms with Crippen molar-refractivity contribution in [2.75, 3.05) is 39.5 Å². The van der Waals surface area contributed by atoms with Crippen molar-refractivity contribution in [3.8, 4) is 0 Å². The molecule has 11 nitrogen and oxygen atoms in total. The molecule has 2 atom stereocenters. The number of hydrogen-bond donors (Lipinski definition) is 3. The fourth-order valence-corrected chi connectivity index (χ4v) is 7.18. The zero-order chi connectivity index (χ0) is 41.0. The molecule has 0 bridgehead atoms. The van der Waals surface area contributed by atoms with Crippen LogP contribution < -0.4 is 11.1 Å². The van der Waals surface area contributed by atoms with Gasteiger partial charge in [-0.2, -0.15) is 0 Å². The predicted octanol–water partition coefficient (Wildman–Crippen LogP) is 11.9. The zero-order valence-electron chi connectivity index (χ0n) is 36.2. The number of nitrogens with one attached hydrogen (secondary N) is 1. The molecule has 332 valence electrons. The Morgan fingerprint density at radius 1 is 0.518 bits per heavy atom. The predicted molar refractivity (Wildman–Crippen MR) is 229 cm³/mol. The number of amides is 1. The Morgan fingerprint density at radius 2 is 0.911 bits per heavy atom. The lowest BCUT2D eigenvalue weighted by Crippen LogP contribution is -2.30. The molecule has 0 heterocycles. The number of alkyl carbamates (subject to hydrolysis) is 1. The lowest BCUT2D eigenvalue weighted by molar-refractivity contribution is -0.161. The highest BCUT2D eigenvalue weighted by atomic mass is 31.2. The van der Waals surface area contributed by atoms with Crippen molar-refractivity contribution >= 4 is 26.6 Å². The second-order valence-corrected chi connectivity index (χ2v) is 16.4. The van der Waals surface area contributed by atoms with Gasteiger partial charge in [0.25, 0.3) is 0 Å². The van der Waals surface area contributed by atoms with Crippen LogP contribution in [0.4, 0.5) is 4.79 Å². The Bertz CT molecular complexity index is 870. The molecule has 56 heavy (non-hydrogen) atoms. The third-order valence-corrected chi connectivity index (χ3v) is 10.8. The van der Waals surface area contributed by atoms with Crippen LogP contribution in [-0.2, 0) is 32.8 Å². The molecular formula is C44H87N2O9P. The zero-order valence-corrected chi connectivity index (χ0v) is 37.1. The van der Waals surface area contributed by atoms with Crippen molar-refractivity contribution in [3.63, 3.8) is 0 Å². The van der Waals surface area contributed by atoms with E-state index < -0.39 is 20.8 Å². The van der Waals surface area contributed by atoms with Gasteiger partial charge in [-0.3, -0.25) is 9.59 Å². The lowest BCUT2D eigenvalue weighted by Gasteiger charge is -2.19. The molecule has 0 fully saturated rings. The fourth-order valence-electron chi connectivity index (χ4n) is 6.56. The number of ether oxygens (including phenoxy) is 3. The van der Waals surface area contributed by atoms with Crippen LogP contribution in [0.5, 0.6) is 0 Å². The van der Waals surface area contributed by atoms with Gasteiger partial charge in [-0.25, -0.2) is 4.79 Å². The van der Waals surface area contributed by atoms with Crippen molar-refractivity contribution in [2.45, 2.75) is 225 Å². The van der Waals surface area contributed by atoms with E-state index >= 15 is 0 Å². The summed E-state index contributed by atoms with van der Waals surface area (Å²) in [6.07, 6.45) is 36.7. The van der Waals surface area contributed by atoms with Gasteiger partial charge in [0.15, 0.2) is 6.10 Å². The van der Waals surface area contributed by atoms with E-state index in [4.69, 9.17) is 29.0 Å². The first kappa shape index (κ1) is 54.5. The van der Waals surface area contributed by atoms with Crippen LogP contribution in [0.2, 0.25) is 0 Å². The summed E-state index contributed by atoms with van der Waals surface area (Å²) in [4.78, 5) is 46.9. The van der Waals surface area contributed by atoms with Crippen LogP contribution in [0, 0.1) is 0 Å². The van der Waals surface area contributed by atoms with E-state index in [1.54, 1.807) is 0 Å². The van der Waals surface area contributed by atoms with Gasteiger partial charge in [-0.05, 0) is 12.8 Å². The van der Waals surface area contributed by atoms with Crippen LogP contribution in [0.25, 0.3) is 0 Å². The Balaban J connectivity index is 4.28. The first-order valence-corrected chi connectivity index (χ1v) is 24.3. The smallest absolute Gasteiger partial charge is 0.407 e. The summed E-state index contributed by atoms with van der Waals surface area (Å²) in [5.41, 5.74) is 5.31. The number of rotatable bonds is 44. The van der Waals surface area contributed by atoms with E-state index in [0.717, 1.165) is 38.5 Å². The quantitative estimate of drug-likeness (QED) is 0.0234. The molecule has 0 aliphatic rings. The molecule has 0 saturated carbocycles. The SMILES string of the molecule is CCCCCCCCCCCCCCCCCC(=O)OC[C@@H](COP(O)OCCNC(=O)OCCN)OC(=O)CCCCCCCCCCCCCCCCC. The van der Waals surface area contributed by atoms with Crippen LogP contribution in [0.15, 0.2) is 0 Å². The van der Waals surface area contributed by atoms with Crippen LogP contribution in [0.1, 0.15) is 219 Å². The Kier molecular flexibility index (Phi) is 43.4. The average Bonchev–Trinajstić information content (AvgIpc) is 3.19. The molecule has 0 aromatic carbocycles. The topological polar surface area (TPSA) is 156 Å². The van der Waals surface area contributed by atoms with Crippen molar-refractivity contribution in [1.29, 1.82) is 0 Å². The molecule has 0 aromatic heterocycles. The Morgan fingerprint density at radius 3 is 1.32 bits per heavy atom. The van der Waals surface area contributed by atoms with E-state index in [2.05, 4.69) is 19.2 Å². The molecule has 0 rings (SSSR count). The second kappa shape index (κ2) is 44.6. The van der Waals surface area contributed by atoms with Gasteiger partial charge in [-0.1, -0.05) is 194 Å². The van der Waals surface area contributed by atoms with Crippen molar-refractivity contribution in [3.05, 3.63) is 0 Å². The first-order chi connectivity index (χ1) is 27.4. The molecular weight excluding hydrogens is 731 g/mol. The minimum Gasteiger partial charge on any atom is -0.462 e. The second-order valence-electron chi connectivity index (χ2n) is 15.4. The number of esters is 2. The summed E-state index contributed by atoms with van der Waals surface area (Å²) in [7, 11) is -2.30. The first-order valence-electron chi connectivity index (χ1n) is 23.1. The molecule has 12 heteroatoms. The number of unbranched alkanes of at least 4 members (excludes halogenated alkanes) is 28. The molecule has 0 aliphatic carbocycles. The van der Waals surface area contributed by atoms with Gasteiger partial charge < -0.3 is 39.2 Å². The number of carbonyl (C=O) groups is 3. The molecule has 1 unspecified atom stereocenters. The summed E-state index contributed by atoms with van der Waals surface area (Å²) in [5.74, 6) is -0.714. The maximum atomic E-state index is 12.7. The highest BCUT2D eigenvalue weighted by molar-refractivity contribution is 7.40. The monoisotopic (exact) mass is 819 g/mol. The van der Waals surface area contributed by atoms with Gasteiger partial charge in [0.05, 0.1) is 13.2 Å². The van der Waals surface area contributed by atoms with E-state index in [0.29, 0.717) is 6.42 Å².